The molecule has 29 heavy (non-hydrogen) atoms. The number of benzene rings is 1. The Morgan fingerprint density at radius 3 is 2.62 bits per heavy atom. The van der Waals surface area contributed by atoms with E-state index in [1.807, 2.05) is 36.1 Å². The van der Waals surface area contributed by atoms with Gasteiger partial charge in [-0.2, -0.15) is 9.59 Å². The third-order valence-corrected chi connectivity index (χ3v) is 5.51. The molecule has 6 nitrogen and oxygen atoms in total. The van der Waals surface area contributed by atoms with Crippen LogP contribution >= 0.6 is 0 Å². The van der Waals surface area contributed by atoms with E-state index in [4.69, 9.17) is 14.3 Å². The molecular formula is C22H23FN2O4. The SMILES string of the molecule is Cc1cccc(CC(=O)N2CCC3(CCc4ccc(F)cc4O3)CC2)n1.O=C=O. The van der Waals surface area contributed by atoms with Crippen molar-refractivity contribution >= 4 is 12.1 Å². The highest BCUT2D eigenvalue weighted by Gasteiger charge is 2.40. The maximum absolute atomic E-state index is 13.5. The lowest BCUT2D eigenvalue weighted by Crippen LogP contribution is -2.51. The third-order valence-electron chi connectivity index (χ3n) is 5.51. The quantitative estimate of drug-likeness (QED) is 0.778. The summed E-state index contributed by atoms with van der Waals surface area (Å²) in [5, 5.41) is 0. The van der Waals surface area contributed by atoms with Crippen molar-refractivity contribution in [2.45, 2.75) is 44.6 Å². The Labute approximate surface area is 168 Å². The molecule has 0 atom stereocenters. The second-order valence-corrected chi connectivity index (χ2v) is 7.45. The fourth-order valence-electron chi connectivity index (χ4n) is 3.96. The van der Waals surface area contributed by atoms with Crippen LogP contribution in [0.15, 0.2) is 36.4 Å². The minimum Gasteiger partial charge on any atom is -0.487 e. The zero-order valence-electron chi connectivity index (χ0n) is 16.3. The molecular weight excluding hydrogens is 375 g/mol. The number of hydrogen-bond donors (Lipinski definition) is 0. The number of pyridine rings is 1. The fraction of sp³-hybridized carbons (Fsp3) is 0.409. The number of nitrogens with zero attached hydrogens (tertiary/aromatic N) is 2. The van der Waals surface area contributed by atoms with Crippen LogP contribution in [0.2, 0.25) is 0 Å². The van der Waals surface area contributed by atoms with E-state index in [0.717, 1.165) is 42.6 Å². The van der Waals surface area contributed by atoms with Crippen molar-refractivity contribution in [3.63, 3.8) is 0 Å². The van der Waals surface area contributed by atoms with Crippen molar-refractivity contribution in [1.29, 1.82) is 0 Å². The molecule has 0 radical (unpaired) electrons. The van der Waals surface area contributed by atoms with E-state index in [9.17, 15) is 9.18 Å². The van der Waals surface area contributed by atoms with E-state index in [2.05, 4.69) is 4.98 Å². The summed E-state index contributed by atoms with van der Waals surface area (Å²) < 4.78 is 19.7. The molecule has 2 aromatic rings. The van der Waals surface area contributed by atoms with Gasteiger partial charge in [0.2, 0.25) is 5.91 Å². The molecule has 1 aromatic heterocycles. The van der Waals surface area contributed by atoms with E-state index in [1.54, 1.807) is 0 Å². The fourth-order valence-corrected chi connectivity index (χ4v) is 3.96. The van der Waals surface area contributed by atoms with Crippen LogP contribution in [0.1, 0.15) is 36.2 Å². The number of hydrogen-bond acceptors (Lipinski definition) is 5. The average molecular weight is 398 g/mol. The second kappa shape index (κ2) is 8.97. The molecule has 1 spiro atoms. The van der Waals surface area contributed by atoms with Crippen LogP contribution in [0, 0.1) is 12.7 Å². The Kier molecular flexibility index (Phi) is 6.39. The molecule has 1 aromatic carbocycles. The first kappa shape index (κ1) is 20.7. The number of amides is 1. The first-order valence-electron chi connectivity index (χ1n) is 9.62. The molecule has 152 valence electrons. The number of likely N-dealkylation sites (tertiary alicyclic amines) is 1. The molecule has 1 saturated heterocycles. The second-order valence-electron chi connectivity index (χ2n) is 7.45. The highest BCUT2D eigenvalue weighted by Crippen LogP contribution is 2.39. The van der Waals surface area contributed by atoms with E-state index < -0.39 is 0 Å². The van der Waals surface area contributed by atoms with E-state index in [0.29, 0.717) is 25.3 Å². The van der Waals surface area contributed by atoms with Gasteiger partial charge in [-0.25, -0.2) is 4.39 Å². The van der Waals surface area contributed by atoms with Gasteiger partial charge in [0.25, 0.3) is 0 Å². The summed E-state index contributed by atoms with van der Waals surface area (Å²) in [6.07, 6.45) is 3.99. The largest absolute Gasteiger partial charge is 0.487 e. The van der Waals surface area contributed by atoms with Gasteiger partial charge in [0.1, 0.15) is 17.2 Å². The maximum Gasteiger partial charge on any atom is 0.373 e. The number of halogens is 1. The van der Waals surface area contributed by atoms with Crippen molar-refractivity contribution in [2.24, 2.45) is 0 Å². The van der Waals surface area contributed by atoms with E-state index in [1.165, 1.54) is 12.1 Å². The van der Waals surface area contributed by atoms with Gasteiger partial charge >= 0.3 is 6.15 Å². The molecule has 2 aliphatic heterocycles. The first-order chi connectivity index (χ1) is 13.9. The molecule has 0 aliphatic carbocycles. The maximum atomic E-state index is 13.5. The number of carbonyl (C=O) groups is 1. The Morgan fingerprint density at radius 1 is 1.21 bits per heavy atom. The monoisotopic (exact) mass is 398 g/mol. The average Bonchev–Trinajstić information content (AvgIpc) is 2.69. The van der Waals surface area contributed by atoms with Gasteiger partial charge in [0.05, 0.1) is 6.42 Å². The predicted octanol–water partition coefficient (Wildman–Crippen LogP) is 2.87. The highest BCUT2D eigenvalue weighted by molar-refractivity contribution is 5.78. The molecule has 0 N–H and O–H groups in total. The van der Waals surface area contributed by atoms with Crippen molar-refractivity contribution in [3.8, 4) is 5.75 Å². The number of carbonyl (C=O) groups excluding carboxylic acids is 3. The predicted molar refractivity (Wildman–Crippen MR) is 102 cm³/mol. The van der Waals surface area contributed by atoms with Gasteiger partial charge in [-0.05, 0) is 43.5 Å². The van der Waals surface area contributed by atoms with Crippen LogP contribution in [0.25, 0.3) is 0 Å². The number of piperidine rings is 1. The number of ether oxygens (including phenoxy) is 1. The summed E-state index contributed by atoms with van der Waals surface area (Å²) in [4.78, 5) is 35.2. The molecule has 2 aliphatic rings. The molecule has 0 unspecified atom stereocenters. The van der Waals surface area contributed by atoms with Crippen molar-refractivity contribution in [2.75, 3.05) is 13.1 Å². The third kappa shape index (κ3) is 5.06. The smallest absolute Gasteiger partial charge is 0.373 e. The standard InChI is InChI=1S/C21H23FN2O2.CO2/c1-15-3-2-4-18(23-15)14-20(25)24-11-9-21(10-12-24)8-7-16-5-6-17(22)13-19(16)26-21;2-1-3/h2-6,13H,7-12,14H2,1H3;. The van der Waals surface area contributed by atoms with E-state index >= 15 is 0 Å². The molecule has 1 amide bonds. The molecule has 1 fully saturated rings. The van der Waals surface area contributed by atoms with Crippen LogP contribution < -0.4 is 4.74 Å². The normalized spacial score (nSPS) is 16.7. The molecule has 0 saturated carbocycles. The molecule has 0 bridgehead atoms. The zero-order valence-corrected chi connectivity index (χ0v) is 16.3. The van der Waals surface area contributed by atoms with Crippen molar-refractivity contribution in [1.82, 2.24) is 9.88 Å². The van der Waals surface area contributed by atoms with Crippen LogP contribution in [-0.2, 0) is 27.2 Å². The number of aromatic nitrogens is 1. The Bertz CT molecular complexity index is 917. The van der Waals surface area contributed by atoms with Crippen molar-refractivity contribution < 1.29 is 23.5 Å². The Morgan fingerprint density at radius 2 is 1.93 bits per heavy atom. The van der Waals surface area contributed by atoms with Gasteiger partial charge in [-0.15, -0.1) is 0 Å². The van der Waals surface area contributed by atoms with Crippen molar-refractivity contribution in [3.05, 3.63) is 59.2 Å². The van der Waals surface area contributed by atoms with Gasteiger partial charge < -0.3 is 9.64 Å². The van der Waals surface area contributed by atoms with Crippen LogP contribution in [0.4, 0.5) is 4.39 Å². The lowest BCUT2D eigenvalue weighted by molar-refractivity contribution is -0.191. The molecule has 7 heteroatoms. The zero-order chi connectivity index (χ0) is 20.9. The van der Waals surface area contributed by atoms with Crippen LogP contribution in [-0.4, -0.2) is 40.6 Å². The Hall–Kier alpha value is -3.05. The summed E-state index contributed by atoms with van der Waals surface area (Å²) in [6, 6.07) is 10.5. The lowest BCUT2D eigenvalue weighted by atomic mass is 9.83. The Balaban J connectivity index is 0.000000755. The molecule has 3 heterocycles. The molecule has 4 rings (SSSR count). The lowest BCUT2D eigenvalue weighted by Gasteiger charge is -2.44. The van der Waals surface area contributed by atoms with Gasteiger partial charge in [-0.3, -0.25) is 9.78 Å². The van der Waals surface area contributed by atoms with E-state index in [-0.39, 0.29) is 23.5 Å². The summed E-state index contributed by atoms with van der Waals surface area (Å²) in [7, 11) is 0. The number of aryl methyl sites for hydroxylation is 2. The van der Waals surface area contributed by atoms with Crippen LogP contribution in [0.5, 0.6) is 5.75 Å². The first-order valence-corrected chi connectivity index (χ1v) is 9.62. The van der Waals surface area contributed by atoms with Gasteiger partial charge in [0, 0.05) is 43.4 Å². The minimum absolute atomic E-state index is 0.111. The van der Waals surface area contributed by atoms with Crippen LogP contribution in [0.3, 0.4) is 0 Å². The summed E-state index contributed by atoms with van der Waals surface area (Å²) in [5.41, 5.74) is 2.54. The highest BCUT2D eigenvalue weighted by atomic mass is 19.1. The summed E-state index contributed by atoms with van der Waals surface area (Å²) in [6.45, 7) is 3.28. The van der Waals surface area contributed by atoms with Gasteiger partial charge in [0.15, 0.2) is 0 Å². The number of rotatable bonds is 2. The topological polar surface area (TPSA) is 76.6 Å². The van der Waals surface area contributed by atoms with Gasteiger partial charge in [-0.1, -0.05) is 12.1 Å². The summed E-state index contributed by atoms with van der Waals surface area (Å²) >= 11 is 0. The minimum atomic E-state index is -0.265. The number of fused-ring (bicyclic) bond motifs is 1. The summed E-state index contributed by atoms with van der Waals surface area (Å²) in [5.74, 6) is 0.513.